The highest BCUT2D eigenvalue weighted by Gasteiger charge is 2.24. The van der Waals surface area contributed by atoms with Crippen molar-refractivity contribution < 1.29 is 9.84 Å². The van der Waals surface area contributed by atoms with Gasteiger partial charge in [-0.05, 0) is 68.1 Å². The van der Waals surface area contributed by atoms with Crippen LogP contribution in [0.3, 0.4) is 0 Å². The molecule has 1 fully saturated rings. The molecule has 1 aliphatic rings. The van der Waals surface area contributed by atoms with E-state index in [2.05, 4.69) is 40.3 Å². The molecule has 0 radical (unpaired) electrons. The van der Waals surface area contributed by atoms with Gasteiger partial charge in [0.2, 0.25) is 0 Å². The number of nitrogens with one attached hydrogen (secondary N) is 1. The maximum absolute atomic E-state index is 10.4. The summed E-state index contributed by atoms with van der Waals surface area (Å²) in [7, 11) is 0. The first-order valence-corrected chi connectivity index (χ1v) is 9.85. The van der Waals surface area contributed by atoms with Gasteiger partial charge < -0.3 is 19.7 Å². The van der Waals surface area contributed by atoms with Crippen LogP contribution < -0.4 is 4.74 Å². The third kappa shape index (κ3) is 4.88. The molecule has 150 valence electrons. The van der Waals surface area contributed by atoms with E-state index in [-0.39, 0.29) is 12.4 Å². The average molecular weight is 401 g/mol. The number of nitrogens with zero attached hydrogens (tertiary/aromatic N) is 1. The Labute approximate surface area is 172 Å². The van der Waals surface area contributed by atoms with E-state index in [9.17, 15) is 5.11 Å². The quantitative estimate of drug-likeness (QED) is 0.639. The van der Waals surface area contributed by atoms with Crippen molar-refractivity contribution in [2.75, 3.05) is 26.2 Å². The number of aromatic nitrogens is 1. The maximum atomic E-state index is 10.4. The molecule has 4 rings (SSSR count). The number of halogens is 1. The van der Waals surface area contributed by atoms with Gasteiger partial charge in [-0.1, -0.05) is 30.3 Å². The number of fused-ring (bicyclic) bond motifs is 1. The molecule has 2 aromatic carbocycles. The van der Waals surface area contributed by atoms with E-state index < -0.39 is 6.10 Å². The van der Waals surface area contributed by atoms with Crippen LogP contribution in [0.5, 0.6) is 5.75 Å². The lowest BCUT2D eigenvalue weighted by atomic mass is 9.89. The Kier molecular flexibility index (Phi) is 7.00. The van der Waals surface area contributed by atoms with Crippen LogP contribution in [-0.2, 0) is 0 Å². The van der Waals surface area contributed by atoms with Crippen LogP contribution in [0.25, 0.3) is 10.9 Å². The monoisotopic (exact) mass is 400 g/mol. The molecule has 0 aliphatic carbocycles. The number of aryl methyl sites for hydroxylation is 1. The van der Waals surface area contributed by atoms with E-state index in [0.717, 1.165) is 31.7 Å². The van der Waals surface area contributed by atoms with Crippen LogP contribution in [0.15, 0.2) is 54.7 Å². The number of benzene rings is 2. The SMILES string of the molecule is Cc1cccc(OCC(O)CN2CCC(c3c[nH]c4ccccc34)CC2)c1.Cl. The third-order valence-electron chi connectivity index (χ3n) is 5.55. The summed E-state index contributed by atoms with van der Waals surface area (Å²) in [5, 5.41) is 11.7. The molecule has 3 aromatic rings. The highest BCUT2D eigenvalue weighted by Crippen LogP contribution is 2.33. The number of likely N-dealkylation sites (tertiary alicyclic amines) is 1. The predicted octanol–water partition coefficient (Wildman–Crippen LogP) is 4.52. The van der Waals surface area contributed by atoms with Crippen molar-refractivity contribution in [3.63, 3.8) is 0 Å². The average Bonchev–Trinajstić information content (AvgIpc) is 3.11. The van der Waals surface area contributed by atoms with Gasteiger partial charge in [0, 0.05) is 23.6 Å². The van der Waals surface area contributed by atoms with Crippen molar-refractivity contribution in [2.45, 2.75) is 31.8 Å². The molecule has 28 heavy (non-hydrogen) atoms. The van der Waals surface area contributed by atoms with E-state index in [1.165, 1.54) is 22.0 Å². The van der Waals surface area contributed by atoms with Gasteiger partial charge in [0.25, 0.3) is 0 Å². The number of β-amino-alcohol motifs (C(OH)–C–C–N with tert-alkyl or cyclic N) is 1. The van der Waals surface area contributed by atoms with E-state index in [1.54, 1.807) is 0 Å². The number of rotatable bonds is 6. The molecule has 0 bridgehead atoms. The standard InChI is InChI=1S/C23H28N2O2.ClH/c1-17-5-4-6-20(13-17)27-16-19(26)15-25-11-9-18(10-12-25)22-14-24-23-8-3-2-7-21(22)23;/h2-8,13-14,18-19,24,26H,9-12,15-16H2,1H3;1H. The summed E-state index contributed by atoms with van der Waals surface area (Å²) in [5.74, 6) is 1.42. The molecule has 0 spiro atoms. The molecule has 1 aromatic heterocycles. The molecule has 2 N–H and O–H groups in total. The van der Waals surface area contributed by atoms with Gasteiger partial charge in [0.15, 0.2) is 0 Å². The lowest BCUT2D eigenvalue weighted by molar-refractivity contribution is 0.0595. The van der Waals surface area contributed by atoms with Gasteiger partial charge in [0.05, 0.1) is 0 Å². The largest absolute Gasteiger partial charge is 0.491 e. The van der Waals surface area contributed by atoms with E-state index in [4.69, 9.17) is 4.74 Å². The van der Waals surface area contributed by atoms with Crippen LogP contribution in [0.1, 0.15) is 29.9 Å². The number of ether oxygens (including phenoxy) is 1. The van der Waals surface area contributed by atoms with Gasteiger partial charge in [0.1, 0.15) is 18.5 Å². The number of para-hydroxylation sites is 1. The Morgan fingerprint density at radius 1 is 1.14 bits per heavy atom. The Morgan fingerprint density at radius 3 is 2.71 bits per heavy atom. The first-order valence-electron chi connectivity index (χ1n) is 9.85. The number of H-pyrrole nitrogens is 1. The molecule has 4 nitrogen and oxygen atoms in total. The van der Waals surface area contributed by atoms with Crippen molar-refractivity contribution >= 4 is 23.3 Å². The topological polar surface area (TPSA) is 48.5 Å². The van der Waals surface area contributed by atoms with Crippen molar-refractivity contribution in [3.05, 3.63) is 65.9 Å². The van der Waals surface area contributed by atoms with Crippen LogP contribution in [0.4, 0.5) is 0 Å². The van der Waals surface area contributed by atoms with Crippen molar-refractivity contribution in [3.8, 4) is 5.75 Å². The van der Waals surface area contributed by atoms with Crippen LogP contribution in [0.2, 0.25) is 0 Å². The molecule has 1 atom stereocenters. The summed E-state index contributed by atoms with van der Waals surface area (Å²) in [6, 6.07) is 16.5. The van der Waals surface area contributed by atoms with Gasteiger partial charge in [-0.15, -0.1) is 12.4 Å². The Hall–Kier alpha value is -2.01. The summed E-state index contributed by atoms with van der Waals surface area (Å²) >= 11 is 0. The number of hydrogen-bond acceptors (Lipinski definition) is 3. The summed E-state index contributed by atoms with van der Waals surface area (Å²) in [5.41, 5.74) is 3.83. The van der Waals surface area contributed by atoms with Gasteiger partial charge in [-0.3, -0.25) is 0 Å². The lowest BCUT2D eigenvalue weighted by Gasteiger charge is -2.33. The summed E-state index contributed by atoms with van der Waals surface area (Å²) in [6.07, 6.45) is 3.98. The lowest BCUT2D eigenvalue weighted by Crippen LogP contribution is -2.40. The van der Waals surface area contributed by atoms with E-state index in [1.807, 2.05) is 31.2 Å². The number of piperidine rings is 1. The van der Waals surface area contributed by atoms with Crippen molar-refractivity contribution in [2.24, 2.45) is 0 Å². The Morgan fingerprint density at radius 2 is 1.93 bits per heavy atom. The van der Waals surface area contributed by atoms with E-state index >= 15 is 0 Å². The Balaban J connectivity index is 0.00000225. The zero-order valence-corrected chi connectivity index (χ0v) is 17.1. The molecule has 1 aliphatic heterocycles. The van der Waals surface area contributed by atoms with Crippen LogP contribution >= 0.6 is 12.4 Å². The molecule has 2 heterocycles. The number of hydrogen-bond donors (Lipinski definition) is 2. The van der Waals surface area contributed by atoms with Gasteiger partial charge in [-0.2, -0.15) is 0 Å². The van der Waals surface area contributed by atoms with E-state index in [0.29, 0.717) is 19.1 Å². The smallest absolute Gasteiger partial charge is 0.119 e. The molecule has 1 saturated heterocycles. The second-order valence-corrected chi connectivity index (χ2v) is 7.65. The number of aromatic amines is 1. The minimum atomic E-state index is -0.463. The molecule has 0 amide bonds. The first kappa shape index (κ1) is 20.7. The molecule has 5 heteroatoms. The zero-order chi connectivity index (χ0) is 18.6. The van der Waals surface area contributed by atoms with Crippen molar-refractivity contribution in [1.29, 1.82) is 0 Å². The van der Waals surface area contributed by atoms with Crippen molar-refractivity contribution in [1.82, 2.24) is 9.88 Å². The Bertz CT molecular complexity index is 887. The molecule has 1 unspecified atom stereocenters. The predicted molar refractivity (Wildman–Crippen MR) is 117 cm³/mol. The van der Waals surface area contributed by atoms with Gasteiger partial charge >= 0.3 is 0 Å². The fraction of sp³-hybridized carbons (Fsp3) is 0.391. The van der Waals surface area contributed by atoms with Crippen LogP contribution in [0, 0.1) is 6.92 Å². The maximum Gasteiger partial charge on any atom is 0.119 e. The minimum absolute atomic E-state index is 0. The fourth-order valence-electron chi connectivity index (χ4n) is 4.11. The fourth-order valence-corrected chi connectivity index (χ4v) is 4.11. The minimum Gasteiger partial charge on any atom is -0.491 e. The van der Waals surface area contributed by atoms with Crippen LogP contribution in [-0.4, -0.2) is 47.3 Å². The molecular weight excluding hydrogens is 372 g/mol. The zero-order valence-electron chi connectivity index (χ0n) is 16.3. The third-order valence-corrected chi connectivity index (χ3v) is 5.55. The molecular formula is C23H29ClN2O2. The number of aliphatic hydroxyl groups excluding tert-OH is 1. The highest BCUT2D eigenvalue weighted by molar-refractivity contribution is 5.85. The summed E-state index contributed by atoms with van der Waals surface area (Å²) in [6.45, 7) is 5.09. The second kappa shape index (κ2) is 9.46. The molecule has 0 saturated carbocycles. The summed E-state index contributed by atoms with van der Waals surface area (Å²) in [4.78, 5) is 5.75. The van der Waals surface area contributed by atoms with Gasteiger partial charge in [-0.25, -0.2) is 0 Å². The summed E-state index contributed by atoms with van der Waals surface area (Å²) < 4.78 is 5.74. The number of aliphatic hydroxyl groups is 1. The second-order valence-electron chi connectivity index (χ2n) is 7.65. The highest BCUT2D eigenvalue weighted by atomic mass is 35.5. The first-order chi connectivity index (χ1) is 13.2. The normalized spacial score (nSPS) is 16.6.